The monoisotopic (exact) mass is 384 g/mol. The molecule has 0 fully saturated rings. The Balaban J connectivity index is 1.66. The highest BCUT2D eigenvalue weighted by Gasteiger charge is 2.30. The largest absolute Gasteiger partial charge is 0.416 e. The molecule has 5 nitrogen and oxygen atoms in total. The first kappa shape index (κ1) is 17.6. The molecule has 2 heterocycles. The zero-order chi connectivity index (χ0) is 17.9. The minimum Gasteiger partial charge on any atom is -0.293 e. The van der Waals surface area contributed by atoms with Crippen molar-refractivity contribution in [3.63, 3.8) is 0 Å². The summed E-state index contributed by atoms with van der Waals surface area (Å²) in [4.78, 5) is 13.2. The molecule has 0 saturated heterocycles. The van der Waals surface area contributed by atoms with Crippen LogP contribution in [-0.2, 0) is 12.7 Å². The smallest absolute Gasteiger partial charge is 0.293 e. The number of Topliss-reactive ketones (excluding diaryl/α,β-unsaturated/α-hetero) is 1. The molecule has 0 unspecified atom stereocenters. The van der Waals surface area contributed by atoms with Gasteiger partial charge in [0.2, 0.25) is 5.16 Å². The number of hydrogen-bond donors (Lipinski definition) is 0. The highest BCUT2D eigenvalue weighted by Crippen LogP contribution is 2.30. The number of carbonyl (C=O) groups excluding carboxylic acids is 1. The van der Waals surface area contributed by atoms with E-state index in [2.05, 4.69) is 15.5 Å². The third-order valence-electron chi connectivity index (χ3n) is 3.23. The van der Waals surface area contributed by atoms with Crippen LogP contribution in [0.3, 0.4) is 0 Å². The number of halogens is 3. The molecule has 0 radical (unpaired) electrons. The van der Waals surface area contributed by atoms with Crippen LogP contribution in [-0.4, -0.2) is 31.7 Å². The van der Waals surface area contributed by atoms with Gasteiger partial charge >= 0.3 is 6.18 Å². The van der Waals surface area contributed by atoms with E-state index in [1.54, 1.807) is 16.0 Å². The van der Waals surface area contributed by atoms with Crippen LogP contribution < -0.4 is 0 Å². The zero-order valence-corrected chi connectivity index (χ0v) is 14.2. The molecule has 0 aliphatic rings. The van der Waals surface area contributed by atoms with Crippen molar-refractivity contribution in [2.45, 2.75) is 17.9 Å². The molecule has 0 aliphatic heterocycles. The van der Waals surface area contributed by atoms with Gasteiger partial charge in [-0.25, -0.2) is 4.68 Å². The first-order valence-electron chi connectivity index (χ1n) is 7.05. The predicted molar refractivity (Wildman–Crippen MR) is 87.7 cm³/mol. The van der Waals surface area contributed by atoms with E-state index in [0.29, 0.717) is 11.7 Å². The van der Waals surface area contributed by atoms with E-state index < -0.39 is 17.5 Å². The molecule has 0 bridgehead atoms. The minimum atomic E-state index is -4.48. The lowest BCUT2D eigenvalue weighted by molar-refractivity contribution is -0.137. The summed E-state index contributed by atoms with van der Waals surface area (Å²) in [6.45, 7) is 0.477. The van der Waals surface area contributed by atoms with Crippen molar-refractivity contribution in [2.75, 3.05) is 5.75 Å². The number of hydrogen-bond acceptors (Lipinski definition) is 6. The zero-order valence-electron chi connectivity index (χ0n) is 12.6. The number of carbonyl (C=O) groups is 1. The Bertz CT molecular complexity index is 862. The molecule has 1 aromatic carbocycles. The van der Waals surface area contributed by atoms with Crippen LogP contribution in [0.25, 0.3) is 0 Å². The molecule has 130 valence electrons. The second kappa shape index (κ2) is 7.36. The molecule has 0 spiro atoms. The third-order valence-corrected chi connectivity index (χ3v) is 5.05. The number of benzene rings is 1. The van der Waals surface area contributed by atoms with Crippen molar-refractivity contribution in [3.8, 4) is 0 Å². The van der Waals surface area contributed by atoms with Gasteiger partial charge in [-0.2, -0.15) is 13.2 Å². The fourth-order valence-corrected chi connectivity index (χ4v) is 3.49. The number of alkyl halides is 3. The van der Waals surface area contributed by atoms with Crippen LogP contribution in [0.5, 0.6) is 0 Å². The molecule has 0 amide bonds. The number of thioether (sulfide) groups is 1. The molecule has 10 heteroatoms. The summed E-state index contributed by atoms with van der Waals surface area (Å²) in [7, 11) is 0. The maximum atomic E-state index is 12.7. The quantitative estimate of drug-likeness (QED) is 0.478. The summed E-state index contributed by atoms with van der Waals surface area (Å²) in [5, 5.41) is 13.7. The summed E-state index contributed by atoms with van der Waals surface area (Å²) < 4.78 is 39.7. The summed E-state index contributed by atoms with van der Waals surface area (Å²) in [5.41, 5.74) is -0.828. The van der Waals surface area contributed by atoms with Gasteiger partial charge in [-0.3, -0.25) is 4.79 Å². The van der Waals surface area contributed by atoms with E-state index in [9.17, 15) is 18.0 Å². The normalized spacial score (nSPS) is 11.6. The van der Waals surface area contributed by atoms with Crippen LogP contribution in [0.4, 0.5) is 13.2 Å². The lowest BCUT2D eigenvalue weighted by Crippen LogP contribution is -2.09. The van der Waals surface area contributed by atoms with Crippen molar-refractivity contribution in [1.82, 2.24) is 20.2 Å². The predicted octanol–water partition coefficient (Wildman–Crippen LogP) is 3.78. The summed E-state index contributed by atoms with van der Waals surface area (Å²) in [6.07, 6.45) is -4.48. The number of ketones is 1. The molecule has 3 rings (SSSR count). The Morgan fingerprint density at radius 3 is 2.80 bits per heavy atom. The van der Waals surface area contributed by atoms with Crippen LogP contribution >= 0.6 is 23.1 Å². The molecule has 0 N–H and O–H groups in total. The van der Waals surface area contributed by atoms with Crippen molar-refractivity contribution >= 4 is 28.9 Å². The lowest BCUT2D eigenvalue weighted by Gasteiger charge is -2.08. The average Bonchev–Trinajstić information content (AvgIpc) is 3.24. The first-order valence-corrected chi connectivity index (χ1v) is 8.92. The number of nitrogens with zero attached hydrogens (tertiary/aromatic N) is 4. The van der Waals surface area contributed by atoms with Crippen LogP contribution in [0.15, 0.2) is 46.9 Å². The van der Waals surface area contributed by atoms with Gasteiger partial charge in [0.1, 0.15) is 0 Å². The summed E-state index contributed by atoms with van der Waals surface area (Å²) in [6, 6.07) is 8.24. The number of tetrazole rings is 1. The SMILES string of the molecule is O=C(CSc1nnnn1Cc1cccs1)c1cccc(C(F)(F)F)c1. The third kappa shape index (κ3) is 4.45. The summed E-state index contributed by atoms with van der Waals surface area (Å²) >= 11 is 2.65. The molecule has 0 saturated carbocycles. The van der Waals surface area contributed by atoms with E-state index in [4.69, 9.17) is 0 Å². The molecular weight excluding hydrogens is 373 g/mol. The molecule has 0 aliphatic carbocycles. The van der Waals surface area contributed by atoms with Crippen LogP contribution in [0, 0.1) is 0 Å². The maximum Gasteiger partial charge on any atom is 0.416 e. The first-order chi connectivity index (χ1) is 11.9. The van der Waals surface area contributed by atoms with E-state index in [1.165, 1.54) is 12.1 Å². The fourth-order valence-electron chi connectivity index (χ4n) is 2.03. The van der Waals surface area contributed by atoms with Gasteiger partial charge in [-0.15, -0.1) is 16.4 Å². The second-order valence-electron chi connectivity index (χ2n) is 4.99. The van der Waals surface area contributed by atoms with Gasteiger partial charge in [0.05, 0.1) is 17.9 Å². The van der Waals surface area contributed by atoms with Crippen molar-refractivity contribution < 1.29 is 18.0 Å². The van der Waals surface area contributed by atoms with Gasteiger partial charge in [-0.1, -0.05) is 30.0 Å². The van der Waals surface area contributed by atoms with Gasteiger partial charge in [-0.05, 0) is 34.0 Å². The fraction of sp³-hybridized carbons (Fsp3) is 0.200. The lowest BCUT2D eigenvalue weighted by atomic mass is 10.1. The van der Waals surface area contributed by atoms with Crippen molar-refractivity contribution in [2.24, 2.45) is 0 Å². The maximum absolute atomic E-state index is 12.7. The standard InChI is InChI=1S/C15H11F3N4OS2/c16-15(17,18)11-4-1-3-10(7-11)13(23)9-25-14-19-20-21-22(14)8-12-5-2-6-24-12/h1-7H,8-9H2. The molecule has 0 atom stereocenters. The molecular formula is C15H11F3N4OS2. The highest BCUT2D eigenvalue weighted by atomic mass is 32.2. The Labute approximate surface area is 148 Å². The Kier molecular flexibility index (Phi) is 5.19. The van der Waals surface area contributed by atoms with Crippen molar-refractivity contribution in [1.29, 1.82) is 0 Å². The van der Waals surface area contributed by atoms with E-state index in [1.807, 2.05) is 17.5 Å². The highest BCUT2D eigenvalue weighted by molar-refractivity contribution is 7.99. The molecule has 2 aromatic heterocycles. The Morgan fingerprint density at radius 1 is 1.24 bits per heavy atom. The topological polar surface area (TPSA) is 60.7 Å². The number of rotatable bonds is 6. The van der Waals surface area contributed by atoms with Gasteiger partial charge in [0.25, 0.3) is 0 Å². The Hall–Kier alpha value is -2.20. The number of thiophene rings is 1. The minimum absolute atomic E-state index is 0.0135. The van der Waals surface area contributed by atoms with Gasteiger partial charge < -0.3 is 0 Å². The van der Waals surface area contributed by atoms with Gasteiger partial charge in [0.15, 0.2) is 5.78 Å². The van der Waals surface area contributed by atoms with Crippen molar-refractivity contribution in [3.05, 3.63) is 57.8 Å². The number of aromatic nitrogens is 4. The second-order valence-corrected chi connectivity index (χ2v) is 6.96. The van der Waals surface area contributed by atoms with E-state index in [-0.39, 0.29) is 11.3 Å². The summed E-state index contributed by atoms with van der Waals surface area (Å²) in [5.74, 6) is -0.465. The molecule has 25 heavy (non-hydrogen) atoms. The van der Waals surface area contributed by atoms with Crippen LogP contribution in [0.2, 0.25) is 0 Å². The molecule has 3 aromatic rings. The average molecular weight is 384 g/mol. The van der Waals surface area contributed by atoms with E-state index in [0.717, 1.165) is 28.8 Å². The Morgan fingerprint density at radius 2 is 2.08 bits per heavy atom. The van der Waals surface area contributed by atoms with E-state index >= 15 is 0 Å². The van der Waals surface area contributed by atoms with Crippen LogP contribution in [0.1, 0.15) is 20.8 Å². The van der Waals surface area contributed by atoms with Gasteiger partial charge in [0, 0.05) is 10.4 Å².